The van der Waals surface area contributed by atoms with E-state index >= 15 is 0 Å². The molecule has 124 valence electrons. The molecule has 0 radical (unpaired) electrons. The van der Waals surface area contributed by atoms with Gasteiger partial charge in [-0.05, 0) is 59.5 Å². The SMILES string of the molecule is O=C(/C=C/c1ccccc1Cl)c1ccc(NC(=O)c2cccs2)cc1. The zero-order chi connectivity index (χ0) is 17.6. The number of hydrogen-bond donors (Lipinski definition) is 1. The third-order valence-electron chi connectivity index (χ3n) is 3.49. The highest BCUT2D eigenvalue weighted by Gasteiger charge is 2.07. The van der Waals surface area contributed by atoms with Crippen molar-refractivity contribution >= 4 is 46.4 Å². The Balaban J connectivity index is 1.66. The number of amides is 1. The van der Waals surface area contributed by atoms with Gasteiger partial charge in [0.15, 0.2) is 5.78 Å². The number of benzene rings is 2. The molecule has 2 aromatic carbocycles. The summed E-state index contributed by atoms with van der Waals surface area (Å²) in [6.07, 6.45) is 3.18. The van der Waals surface area contributed by atoms with E-state index < -0.39 is 0 Å². The molecule has 0 bridgehead atoms. The fraction of sp³-hybridized carbons (Fsp3) is 0. The van der Waals surface area contributed by atoms with Crippen LogP contribution < -0.4 is 5.32 Å². The van der Waals surface area contributed by atoms with Crippen LogP contribution in [-0.4, -0.2) is 11.7 Å². The number of ketones is 1. The van der Waals surface area contributed by atoms with Gasteiger partial charge in [-0.2, -0.15) is 0 Å². The summed E-state index contributed by atoms with van der Waals surface area (Å²) < 4.78 is 0. The Hall–Kier alpha value is -2.69. The van der Waals surface area contributed by atoms with Crippen molar-refractivity contribution in [2.45, 2.75) is 0 Å². The minimum Gasteiger partial charge on any atom is -0.321 e. The lowest BCUT2D eigenvalue weighted by Gasteiger charge is -2.04. The first-order valence-electron chi connectivity index (χ1n) is 7.55. The number of nitrogens with one attached hydrogen (secondary N) is 1. The smallest absolute Gasteiger partial charge is 0.265 e. The van der Waals surface area contributed by atoms with Crippen LogP contribution in [0.3, 0.4) is 0 Å². The summed E-state index contributed by atoms with van der Waals surface area (Å²) in [5.74, 6) is -0.288. The second-order valence-corrected chi connectivity index (χ2v) is 6.58. The first kappa shape index (κ1) is 17.1. The predicted molar refractivity (Wildman–Crippen MR) is 104 cm³/mol. The minimum absolute atomic E-state index is 0.129. The van der Waals surface area contributed by atoms with Gasteiger partial charge in [-0.3, -0.25) is 9.59 Å². The molecule has 3 nitrogen and oxygen atoms in total. The van der Waals surface area contributed by atoms with Gasteiger partial charge in [-0.25, -0.2) is 0 Å². The van der Waals surface area contributed by atoms with Gasteiger partial charge < -0.3 is 5.32 Å². The van der Waals surface area contributed by atoms with Gasteiger partial charge in [-0.15, -0.1) is 11.3 Å². The molecule has 0 aliphatic heterocycles. The minimum atomic E-state index is -0.160. The van der Waals surface area contributed by atoms with Gasteiger partial charge in [0.2, 0.25) is 0 Å². The highest BCUT2D eigenvalue weighted by molar-refractivity contribution is 7.12. The molecule has 3 rings (SSSR count). The average Bonchev–Trinajstić information content (AvgIpc) is 3.16. The lowest BCUT2D eigenvalue weighted by atomic mass is 10.1. The Bertz CT molecular complexity index is 915. The number of rotatable bonds is 5. The van der Waals surface area contributed by atoms with E-state index in [4.69, 9.17) is 11.6 Å². The summed E-state index contributed by atoms with van der Waals surface area (Å²) in [6, 6.07) is 17.7. The number of hydrogen-bond acceptors (Lipinski definition) is 3. The average molecular weight is 368 g/mol. The van der Waals surface area contributed by atoms with E-state index in [0.717, 1.165) is 5.56 Å². The van der Waals surface area contributed by atoms with E-state index in [2.05, 4.69) is 5.32 Å². The van der Waals surface area contributed by atoms with E-state index in [1.54, 1.807) is 42.5 Å². The summed E-state index contributed by atoms with van der Waals surface area (Å²) >= 11 is 7.44. The number of carbonyl (C=O) groups excluding carboxylic acids is 2. The third kappa shape index (κ3) is 4.44. The molecular weight excluding hydrogens is 354 g/mol. The van der Waals surface area contributed by atoms with Crippen LogP contribution in [0.2, 0.25) is 5.02 Å². The second-order valence-electron chi connectivity index (χ2n) is 5.23. The molecule has 0 atom stereocenters. The Labute approximate surface area is 154 Å². The molecule has 0 aliphatic carbocycles. The molecule has 1 aromatic heterocycles. The van der Waals surface area contributed by atoms with Crippen molar-refractivity contribution in [3.8, 4) is 0 Å². The summed E-state index contributed by atoms with van der Waals surface area (Å²) in [5, 5.41) is 5.25. The highest BCUT2D eigenvalue weighted by atomic mass is 35.5. The molecule has 0 spiro atoms. The lowest BCUT2D eigenvalue weighted by molar-refractivity contribution is 0.102. The maximum Gasteiger partial charge on any atom is 0.265 e. The van der Waals surface area contributed by atoms with Crippen LogP contribution in [0.1, 0.15) is 25.6 Å². The predicted octanol–water partition coefficient (Wildman–Crippen LogP) is 5.55. The van der Waals surface area contributed by atoms with Crippen LogP contribution >= 0.6 is 22.9 Å². The molecular formula is C20H14ClNO2S. The molecule has 1 heterocycles. The fourth-order valence-corrected chi connectivity index (χ4v) is 3.01. The van der Waals surface area contributed by atoms with Crippen LogP contribution in [0.4, 0.5) is 5.69 Å². The standard InChI is InChI=1S/C20H14ClNO2S/c21-17-5-2-1-4-14(17)9-12-18(23)15-7-10-16(11-8-15)22-20(24)19-6-3-13-25-19/h1-13H,(H,22,24)/b12-9+. The highest BCUT2D eigenvalue weighted by Crippen LogP contribution is 2.18. The molecule has 0 fully saturated rings. The number of carbonyl (C=O) groups is 2. The normalized spacial score (nSPS) is 10.8. The van der Waals surface area contributed by atoms with Gasteiger partial charge in [-0.1, -0.05) is 35.9 Å². The van der Waals surface area contributed by atoms with Gasteiger partial charge in [0, 0.05) is 16.3 Å². The van der Waals surface area contributed by atoms with Gasteiger partial charge in [0.1, 0.15) is 0 Å². The van der Waals surface area contributed by atoms with Crippen molar-refractivity contribution in [3.05, 3.63) is 93.1 Å². The van der Waals surface area contributed by atoms with Crippen LogP contribution in [0.25, 0.3) is 6.08 Å². The van der Waals surface area contributed by atoms with Crippen LogP contribution in [-0.2, 0) is 0 Å². The van der Waals surface area contributed by atoms with Crippen molar-refractivity contribution in [3.63, 3.8) is 0 Å². The summed E-state index contributed by atoms with van der Waals surface area (Å²) in [6.45, 7) is 0. The quantitative estimate of drug-likeness (QED) is 0.474. The topological polar surface area (TPSA) is 46.2 Å². The molecule has 5 heteroatoms. The largest absolute Gasteiger partial charge is 0.321 e. The number of allylic oxidation sites excluding steroid dienone is 1. The van der Waals surface area contributed by atoms with Crippen molar-refractivity contribution < 1.29 is 9.59 Å². The Morgan fingerprint density at radius 1 is 0.960 bits per heavy atom. The van der Waals surface area contributed by atoms with Gasteiger partial charge >= 0.3 is 0 Å². The molecule has 1 N–H and O–H groups in total. The Kier molecular flexibility index (Phi) is 5.43. The number of thiophene rings is 1. The van der Waals surface area contributed by atoms with E-state index in [0.29, 0.717) is 21.2 Å². The Morgan fingerprint density at radius 2 is 1.72 bits per heavy atom. The summed E-state index contributed by atoms with van der Waals surface area (Å²) in [4.78, 5) is 24.9. The van der Waals surface area contributed by atoms with Crippen molar-refractivity contribution in [1.29, 1.82) is 0 Å². The molecule has 0 aliphatic rings. The Morgan fingerprint density at radius 3 is 2.40 bits per heavy atom. The maximum atomic E-state index is 12.2. The number of anilines is 1. The molecule has 0 saturated carbocycles. The van der Waals surface area contributed by atoms with Crippen LogP contribution in [0.15, 0.2) is 72.1 Å². The number of halogens is 1. The van der Waals surface area contributed by atoms with E-state index in [-0.39, 0.29) is 11.7 Å². The maximum absolute atomic E-state index is 12.2. The molecule has 0 unspecified atom stereocenters. The summed E-state index contributed by atoms with van der Waals surface area (Å²) in [5.41, 5.74) is 1.97. The molecule has 3 aromatic rings. The van der Waals surface area contributed by atoms with Crippen molar-refractivity contribution in [2.75, 3.05) is 5.32 Å². The van der Waals surface area contributed by atoms with Crippen LogP contribution in [0, 0.1) is 0 Å². The second kappa shape index (κ2) is 7.92. The molecule has 1 amide bonds. The third-order valence-corrected chi connectivity index (χ3v) is 4.70. The lowest BCUT2D eigenvalue weighted by Crippen LogP contribution is -2.10. The van der Waals surface area contributed by atoms with E-state index in [9.17, 15) is 9.59 Å². The zero-order valence-electron chi connectivity index (χ0n) is 13.1. The first-order chi connectivity index (χ1) is 12.1. The van der Waals surface area contributed by atoms with Crippen molar-refractivity contribution in [2.24, 2.45) is 0 Å². The first-order valence-corrected chi connectivity index (χ1v) is 8.81. The molecule has 0 saturated heterocycles. The summed E-state index contributed by atoms with van der Waals surface area (Å²) in [7, 11) is 0. The molecule has 25 heavy (non-hydrogen) atoms. The fourth-order valence-electron chi connectivity index (χ4n) is 2.19. The van der Waals surface area contributed by atoms with E-state index in [1.807, 2.05) is 29.6 Å². The van der Waals surface area contributed by atoms with Gasteiger partial charge in [0.05, 0.1) is 4.88 Å². The van der Waals surface area contributed by atoms with Gasteiger partial charge in [0.25, 0.3) is 5.91 Å². The van der Waals surface area contributed by atoms with Crippen molar-refractivity contribution in [1.82, 2.24) is 0 Å². The monoisotopic (exact) mass is 367 g/mol. The van der Waals surface area contributed by atoms with E-state index in [1.165, 1.54) is 17.4 Å². The van der Waals surface area contributed by atoms with Crippen LogP contribution in [0.5, 0.6) is 0 Å². The zero-order valence-corrected chi connectivity index (χ0v) is 14.7.